The molecule has 2 amide bonds. The minimum Gasteiger partial charge on any atom is -0.349 e. The van der Waals surface area contributed by atoms with Crippen LogP contribution in [0.25, 0.3) is 5.52 Å². The van der Waals surface area contributed by atoms with Crippen LogP contribution in [0.1, 0.15) is 26.7 Å². The van der Waals surface area contributed by atoms with Crippen molar-refractivity contribution in [3.63, 3.8) is 0 Å². The van der Waals surface area contributed by atoms with Crippen molar-refractivity contribution in [1.29, 1.82) is 0 Å². The highest BCUT2D eigenvalue weighted by molar-refractivity contribution is 6.02. The summed E-state index contributed by atoms with van der Waals surface area (Å²) in [5.74, 6) is -1.03. The molecule has 0 spiro atoms. The zero-order valence-electron chi connectivity index (χ0n) is 14.6. The Morgan fingerprint density at radius 3 is 2.67 bits per heavy atom. The Morgan fingerprint density at radius 2 is 1.89 bits per heavy atom. The lowest BCUT2D eigenvalue weighted by Crippen LogP contribution is -2.28. The second kappa shape index (κ2) is 8.27. The molecule has 3 aromatic rings. The molecule has 2 aromatic heterocycles. The third kappa shape index (κ3) is 4.03. The molecule has 0 aliphatic carbocycles. The smallest absolute Gasteiger partial charge is 0.287 e. The van der Waals surface area contributed by atoms with E-state index < -0.39 is 5.91 Å². The third-order valence-electron chi connectivity index (χ3n) is 4.01. The number of carbonyl (C=O) groups is 2. The maximum absolute atomic E-state index is 13.7. The molecule has 3 rings (SSSR count). The number of nitrogens with one attached hydrogen (secondary N) is 2. The van der Waals surface area contributed by atoms with Gasteiger partial charge in [0.2, 0.25) is 5.82 Å². The van der Waals surface area contributed by atoms with Gasteiger partial charge in [-0.15, -0.1) is 6.58 Å². The van der Waals surface area contributed by atoms with E-state index in [-0.39, 0.29) is 29.8 Å². The van der Waals surface area contributed by atoms with Gasteiger partial charge < -0.3 is 10.6 Å². The molecule has 7 heteroatoms. The van der Waals surface area contributed by atoms with E-state index >= 15 is 0 Å². The van der Waals surface area contributed by atoms with Gasteiger partial charge in [0.15, 0.2) is 5.69 Å². The van der Waals surface area contributed by atoms with Crippen molar-refractivity contribution in [2.45, 2.75) is 6.42 Å². The van der Waals surface area contributed by atoms with Crippen molar-refractivity contribution in [2.24, 2.45) is 0 Å². The Morgan fingerprint density at radius 1 is 1.11 bits per heavy atom. The topological polar surface area (TPSA) is 75.5 Å². The minimum absolute atomic E-state index is 0.0999. The zero-order valence-corrected chi connectivity index (χ0v) is 14.6. The molecule has 27 heavy (non-hydrogen) atoms. The van der Waals surface area contributed by atoms with Crippen LogP contribution >= 0.6 is 0 Å². The summed E-state index contributed by atoms with van der Waals surface area (Å²) in [4.78, 5) is 29.0. The molecule has 0 aliphatic heterocycles. The monoisotopic (exact) mass is 366 g/mol. The Hall–Kier alpha value is -3.48. The Labute approximate surface area is 155 Å². The van der Waals surface area contributed by atoms with E-state index in [1.165, 1.54) is 6.07 Å². The van der Waals surface area contributed by atoms with E-state index in [0.717, 1.165) is 0 Å². The van der Waals surface area contributed by atoms with E-state index in [1.807, 2.05) is 0 Å². The van der Waals surface area contributed by atoms with Gasteiger partial charge in [-0.3, -0.25) is 14.0 Å². The van der Waals surface area contributed by atoms with Gasteiger partial charge in [0.1, 0.15) is 5.82 Å². The minimum atomic E-state index is -0.435. The van der Waals surface area contributed by atoms with Gasteiger partial charge in [-0.1, -0.05) is 30.3 Å². The normalized spacial score (nSPS) is 10.6. The lowest BCUT2D eigenvalue weighted by Gasteiger charge is -2.05. The molecule has 0 saturated heterocycles. The Bertz CT molecular complexity index is 997. The predicted octanol–water partition coefficient (Wildman–Crippen LogP) is 2.36. The van der Waals surface area contributed by atoms with Crippen molar-refractivity contribution >= 4 is 17.3 Å². The lowest BCUT2D eigenvalue weighted by molar-refractivity contribution is 0.0943. The average Bonchev–Trinajstić information content (AvgIpc) is 3.07. The number of pyridine rings is 1. The highest BCUT2D eigenvalue weighted by Gasteiger charge is 2.20. The maximum atomic E-state index is 13.7. The molecule has 0 radical (unpaired) electrons. The SMILES string of the molecule is C=CCNC(=O)c1nc(C(=O)NCCc2ccccc2F)n2ccccc12. The number of amides is 2. The first kappa shape index (κ1) is 18.3. The number of fused-ring (bicyclic) bond motifs is 1. The summed E-state index contributed by atoms with van der Waals surface area (Å²) in [5.41, 5.74) is 1.21. The van der Waals surface area contributed by atoms with E-state index in [9.17, 15) is 14.0 Å². The van der Waals surface area contributed by atoms with Crippen molar-refractivity contribution in [3.05, 3.63) is 84.2 Å². The van der Waals surface area contributed by atoms with Crippen LogP contribution in [0.15, 0.2) is 61.3 Å². The van der Waals surface area contributed by atoms with E-state index in [4.69, 9.17) is 0 Å². The van der Waals surface area contributed by atoms with Crippen LogP contribution in [-0.2, 0) is 6.42 Å². The maximum Gasteiger partial charge on any atom is 0.287 e. The number of nitrogens with zero attached hydrogens (tertiary/aromatic N) is 2. The molecule has 0 unspecified atom stereocenters. The predicted molar refractivity (Wildman–Crippen MR) is 100 cm³/mol. The van der Waals surface area contributed by atoms with E-state index in [2.05, 4.69) is 22.2 Å². The zero-order chi connectivity index (χ0) is 19.2. The van der Waals surface area contributed by atoms with Gasteiger partial charge in [-0.05, 0) is 30.2 Å². The van der Waals surface area contributed by atoms with Crippen LogP contribution in [0.2, 0.25) is 0 Å². The molecule has 138 valence electrons. The van der Waals surface area contributed by atoms with Gasteiger partial charge in [-0.25, -0.2) is 9.37 Å². The molecule has 0 bridgehead atoms. The van der Waals surface area contributed by atoms with Gasteiger partial charge in [0.05, 0.1) is 5.52 Å². The van der Waals surface area contributed by atoms with Crippen LogP contribution in [0, 0.1) is 5.82 Å². The summed E-state index contributed by atoms with van der Waals surface area (Å²) in [6.07, 6.45) is 3.58. The summed E-state index contributed by atoms with van der Waals surface area (Å²) < 4.78 is 15.2. The van der Waals surface area contributed by atoms with Gasteiger partial charge >= 0.3 is 0 Å². The quantitative estimate of drug-likeness (QED) is 0.631. The van der Waals surface area contributed by atoms with Crippen LogP contribution in [0.5, 0.6) is 0 Å². The number of halogens is 1. The van der Waals surface area contributed by atoms with E-state index in [1.54, 1.807) is 53.1 Å². The summed E-state index contributed by atoms with van der Waals surface area (Å²) >= 11 is 0. The van der Waals surface area contributed by atoms with Gasteiger partial charge in [-0.2, -0.15) is 0 Å². The molecule has 2 N–H and O–H groups in total. The Kier molecular flexibility index (Phi) is 5.61. The molecule has 6 nitrogen and oxygen atoms in total. The second-order valence-corrected chi connectivity index (χ2v) is 5.84. The highest BCUT2D eigenvalue weighted by atomic mass is 19.1. The number of aromatic nitrogens is 2. The van der Waals surface area contributed by atoms with Crippen LogP contribution in [-0.4, -0.2) is 34.3 Å². The van der Waals surface area contributed by atoms with E-state index in [0.29, 0.717) is 24.0 Å². The number of rotatable bonds is 7. The fourth-order valence-corrected chi connectivity index (χ4v) is 2.70. The Balaban J connectivity index is 1.77. The first-order chi connectivity index (χ1) is 13.1. The van der Waals surface area contributed by atoms with Crippen molar-refractivity contribution in [1.82, 2.24) is 20.0 Å². The molecule has 0 atom stereocenters. The summed E-state index contributed by atoms with van der Waals surface area (Å²) in [5, 5.41) is 5.38. The van der Waals surface area contributed by atoms with Gasteiger partial charge in [0.25, 0.3) is 11.8 Å². The average molecular weight is 366 g/mol. The number of hydrogen-bond donors (Lipinski definition) is 2. The molecule has 0 aliphatic rings. The standard InChI is InChI=1S/C20H19FN4O2/c1-2-11-22-19(26)17-16-9-5-6-13-25(16)18(24-17)20(27)23-12-10-14-7-3-4-8-15(14)21/h2-9,13H,1,10-12H2,(H,22,26)(H,23,27). The number of benzene rings is 1. The second-order valence-electron chi connectivity index (χ2n) is 5.84. The van der Waals surface area contributed by atoms with Gasteiger partial charge in [0, 0.05) is 19.3 Å². The van der Waals surface area contributed by atoms with Crippen molar-refractivity contribution in [3.8, 4) is 0 Å². The molecule has 1 aromatic carbocycles. The van der Waals surface area contributed by atoms with Crippen molar-refractivity contribution in [2.75, 3.05) is 13.1 Å². The third-order valence-corrected chi connectivity index (χ3v) is 4.01. The molecule has 2 heterocycles. The molecule has 0 fully saturated rings. The lowest BCUT2D eigenvalue weighted by atomic mass is 10.1. The largest absolute Gasteiger partial charge is 0.349 e. The fraction of sp³-hybridized carbons (Fsp3) is 0.150. The summed E-state index contributed by atoms with van der Waals surface area (Å²) in [6, 6.07) is 11.6. The fourth-order valence-electron chi connectivity index (χ4n) is 2.70. The van der Waals surface area contributed by atoms with Crippen molar-refractivity contribution < 1.29 is 14.0 Å². The number of carbonyl (C=O) groups excluding carboxylic acids is 2. The first-order valence-electron chi connectivity index (χ1n) is 8.49. The number of hydrogen-bond acceptors (Lipinski definition) is 3. The van der Waals surface area contributed by atoms with Crippen LogP contribution < -0.4 is 10.6 Å². The number of imidazole rings is 1. The molecular formula is C20H19FN4O2. The molecular weight excluding hydrogens is 347 g/mol. The first-order valence-corrected chi connectivity index (χ1v) is 8.49. The van der Waals surface area contributed by atoms with Crippen LogP contribution in [0.4, 0.5) is 4.39 Å². The summed E-state index contributed by atoms with van der Waals surface area (Å²) in [7, 11) is 0. The summed E-state index contributed by atoms with van der Waals surface area (Å²) in [6.45, 7) is 4.11. The van der Waals surface area contributed by atoms with Crippen LogP contribution in [0.3, 0.4) is 0 Å². The highest BCUT2D eigenvalue weighted by Crippen LogP contribution is 2.13. The molecule has 0 saturated carbocycles.